The molecule has 3 aromatic rings. The van der Waals surface area contributed by atoms with Crippen LogP contribution >= 0.6 is 0 Å². The fraction of sp³-hybridized carbons (Fsp3) is 0.421. The van der Waals surface area contributed by atoms with Gasteiger partial charge in [0, 0.05) is 36.1 Å². The van der Waals surface area contributed by atoms with Gasteiger partial charge in [-0.3, -0.25) is 0 Å². The highest BCUT2D eigenvalue weighted by Gasteiger charge is 2.19. The second-order valence-electron chi connectivity index (χ2n) is 7.55. The summed E-state index contributed by atoms with van der Waals surface area (Å²) >= 11 is 0. The normalized spacial score (nSPS) is 16.7. The van der Waals surface area contributed by atoms with E-state index in [0.717, 1.165) is 24.1 Å². The molecule has 1 saturated carbocycles. The lowest BCUT2D eigenvalue weighted by Gasteiger charge is -2.24. The molecule has 0 aliphatic heterocycles. The van der Waals surface area contributed by atoms with Gasteiger partial charge in [-0.1, -0.05) is 19.3 Å². The topological polar surface area (TPSA) is 134 Å². The van der Waals surface area contributed by atoms with Crippen LogP contribution in [0.4, 0.5) is 17.5 Å². The van der Waals surface area contributed by atoms with Gasteiger partial charge in [-0.15, -0.1) is 5.10 Å². The van der Waals surface area contributed by atoms with E-state index in [9.17, 15) is 4.21 Å². The van der Waals surface area contributed by atoms with E-state index in [1.54, 1.807) is 42.2 Å². The standard InChI is InChI=1S/C19H25N9OS/c1-28-18(25-26-27-28)16-12-21-19(24-17(16)22-13-6-4-3-5-7-13)23-14-8-10-15(11-9-14)30(2,20)29/h8-13,20H,3-7H2,1-2H3,(H2,21,22,23,24). The molecule has 0 bridgehead atoms. The minimum Gasteiger partial charge on any atom is -0.367 e. The van der Waals surface area contributed by atoms with Crippen molar-refractivity contribution in [3.63, 3.8) is 0 Å². The lowest BCUT2D eigenvalue weighted by atomic mass is 9.95. The molecule has 158 valence electrons. The summed E-state index contributed by atoms with van der Waals surface area (Å²) in [7, 11) is -0.957. The van der Waals surface area contributed by atoms with Gasteiger partial charge >= 0.3 is 0 Å². The highest BCUT2D eigenvalue weighted by atomic mass is 32.2. The van der Waals surface area contributed by atoms with Gasteiger partial charge in [0.05, 0.1) is 15.3 Å². The summed E-state index contributed by atoms with van der Waals surface area (Å²) in [5.41, 5.74) is 1.49. The molecule has 0 saturated heterocycles. The molecule has 0 amide bonds. The monoisotopic (exact) mass is 427 g/mol. The Morgan fingerprint density at radius 2 is 1.90 bits per heavy atom. The molecular formula is C19H25N9OS. The number of aromatic nitrogens is 6. The third-order valence-electron chi connectivity index (χ3n) is 5.16. The lowest BCUT2D eigenvalue weighted by molar-refractivity contribution is 0.462. The van der Waals surface area contributed by atoms with Crippen molar-refractivity contribution in [1.82, 2.24) is 30.2 Å². The Hall–Kier alpha value is -3.08. The van der Waals surface area contributed by atoms with Gasteiger partial charge in [0.2, 0.25) is 5.95 Å². The Kier molecular flexibility index (Phi) is 5.62. The number of tetrazole rings is 1. The molecule has 11 heteroatoms. The van der Waals surface area contributed by atoms with Crippen LogP contribution in [0.1, 0.15) is 32.1 Å². The number of nitrogens with zero attached hydrogens (tertiary/aromatic N) is 6. The summed E-state index contributed by atoms with van der Waals surface area (Å²) in [6.45, 7) is 0. The first-order valence-electron chi connectivity index (χ1n) is 9.87. The minimum absolute atomic E-state index is 0.357. The second-order valence-corrected chi connectivity index (χ2v) is 9.71. The number of hydrogen-bond donors (Lipinski definition) is 3. The van der Waals surface area contributed by atoms with Crippen molar-refractivity contribution in [3.05, 3.63) is 30.5 Å². The average molecular weight is 428 g/mol. The number of rotatable bonds is 6. The molecule has 1 aliphatic rings. The van der Waals surface area contributed by atoms with Gasteiger partial charge in [-0.25, -0.2) is 18.7 Å². The Labute approximate surface area is 175 Å². The van der Waals surface area contributed by atoms with E-state index in [4.69, 9.17) is 9.76 Å². The van der Waals surface area contributed by atoms with Gasteiger partial charge in [0.15, 0.2) is 5.82 Å². The van der Waals surface area contributed by atoms with E-state index < -0.39 is 9.73 Å². The van der Waals surface area contributed by atoms with Crippen LogP contribution in [-0.2, 0) is 16.8 Å². The average Bonchev–Trinajstić information content (AvgIpc) is 3.14. The Morgan fingerprint density at radius 1 is 1.17 bits per heavy atom. The van der Waals surface area contributed by atoms with Crippen molar-refractivity contribution in [2.24, 2.45) is 7.05 Å². The molecule has 1 atom stereocenters. The molecule has 4 rings (SSSR count). The van der Waals surface area contributed by atoms with Crippen LogP contribution in [0.5, 0.6) is 0 Å². The first-order valence-corrected chi connectivity index (χ1v) is 11.8. The van der Waals surface area contributed by atoms with Crippen molar-refractivity contribution >= 4 is 27.2 Å². The smallest absolute Gasteiger partial charge is 0.229 e. The first-order chi connectivity index (χ1) is 14.4. The highest BCUT2D eigenvalue weighted by molar-refractivity contribution is 7.91. The van der Waals surface area contributed by atoms with E-state index in [1.165, 1.54) is 25.5 Å². The molecule has 0 spiro atoms. The zero-order chi connectivity index (χ0) is 21.1. The van der Waals surface area contributed by atoms with E-state index >= 15 is 0 Å². The third-order valence-corrected chi connectivity index (χ3v) is 6.33. The summed E-state index contributed by atoms with van der Waals surface area (Å²) < 4.78 is 21.1. The van der Waals surface area contributed by atoms with Gasteiger partial charge in [-0.2, -0.15) is 4.98 Å². The van der Waals surface area contributed by atoms with Crippen LogP contribution in [0.2, 0.25) is 0 Å². The number of aryl methyl sites for hydroxylation is 1. The fourth-order valence-corrected chi connectivity index (χ4v) is 4.20. The molecule has 3 N–H and O–H groups in total. The maximum Gasteiger partial charge on any atom is 0.229 e. The summed E-state index contributed by atoms with van der Waals surface area (Å²) in [4.78, 5) is 9.61. The molecule has 1 unspecified atom stereocenters. The van der Waals surface area contributed by atoms with E-state index in [1.807, 2.05) is 0 Å². The summed E-state index contributed by atoms with van der Waals surface area (Å²) in [6.07, 6.45) is 9.01. The van der Waals surface area contributed by atoms with Gasteiger partial charge in [-0.05, 0) is 47.5 Å². The van der Waals surface area contributed by atoms with Gasteiger partial charge in [0.1, 0.15) is 5.82 Å². The van der Waals surface area contributed by atoms with E-state index in [0.29, 0.717) is 28.5 Å². The number of anilines is 3. The van der Waals surface area contributed by atoms with Gasteiger partial charge in [0.25, 0.3) is 0 Å². The SMILES string of the molecule is Cn1nnnc1-c1cnc(Nc2ccc(S(C)(=N)=O)cc2)nc1NC1CCCCC1. The maximum atomic E-state index is 11.9. The maximum absolute atomic E-state index is 11.9. The number of benzene rings is 1. The zero-order valence-electron chi connectivity index (χ0n) is 17.0. The van der Waals surface area contributed by atoms with Crippen LogP contribution in [0.25, 0.3) is 11.4 Å². The molecule has 30 heavy (non-hydrogen) atoms. The molecule has 1 aliphatic carbocycles. The summed E-state index contributed by atoms with van der Waals surface area (Å²) in [5.74, 6) is 1.72. The predicted octanol–water partition coefficient (Wildman–Crippen LogP) is 3.19. The Bertz CT molecular complexity index is 1120. The first kappa shape index (κ1) is 20.2. The molecule has 1 aromatic carbocycles. The third kappa shape index (κ3) is 4.56. The van der Waals surface area contributed by atoms with Crippen LogP contribution in [0.3, 0.4) is 0 Å². The quantitative estimate of drug-likeness (QED) is 0.546. The van der Waals surface area contributed by atoms with Crippen LogP contribution in [-0.4, -0.2) is 46.7 Å². The van der Waals surface area contributed by atoms with Crippen LogP contribution in [0, 0.1) is 4.78 Å². The Balaban J connectivity index is 1.62. The Morgan fingerprint density at radius 3 is 2.53 bits per heavy atom. The largest absolute Gasteiger partial charge is 0.367 e. The molecule has 10 nitrogen and oxygen atoms in total. The fourth-order valence-electron chi connectivity index (χ4n) is 3.54. The van der Waals surface area contributed by atoms with Crippen molar-refractivity contribution in [3.8, 4) is 11.4 Å². The lowest BCUT2D eigenvalue weighted by Crippen LogP contribution is -2.23. The van der Waals surface area contributed by atoms with Crippen molar-refractivity contribution in [2.45, 2.75) is 43.0 Å². The predicted molar refractivity (Wildman–Crippen MR) is 115 cm³/mol. The highest BCUT2D eigenvalue weighted by Crippen LogP contribution is 2.29. The van der Waals surface area contributed by atoms with E-state index in [-0.39, 0.29) is 0 Å². The van der Waals surface area contributed by atoms with Crippen molar-refractivity contribution in [2.75, 3.05) is 16.9 Å². The van der Waals surface area contributed by atoms with Crippen molar-refractivity contribution < 1.29 is 4.21 Å². The molecule has 0 radical (unpaired) electrons. The van der Waals surface area contributed by atoms with Gasteiger partial charge < -0.3 is 10.6 Å². The van der Waals surface area contributed by atoms with Crippen molar-refractivity contribution in [1.29, 1.82) is 4.78 Å². The number of hydrogen-bond acceptors (Lipinski definition) is 9. The number of nitrogens with one attached hydrogen (secondary N) is 3. The zero-order valence-corrected chi connectivity index (χ0v) is 17.8. The summed E-state index contributed by atoms with van der Waals surface area (Å²) in [6, 6.07) is 7.25. The van der Waals surface area contributed by atoms with Crippen LogP contribution < -0.4 is 10.6 Å². The minimum atomic E-state index is -2.74. The molecule has 2 aromatic heterocycles. The van der Waals surface area contributed by atoms with Crippen LogP contribution in [0.15, 0.2) is 35.4 Å². The molecular weight excluding hydrogens is 402 g/mol. The second kappa shape index (κ2) is 8.34. The summed E-state index contributed by atoms with van der Waals surface area (Å²) in [5, 5.41) is 18.5. The molecule has 1 fully saturated rings. The molecule has 2 heterocycles. The van der Waals surface area contributed by atoms with E-state index in [2.05, 4.69) is 31.1 Å².